The van der Waals surface area contributed by atoms with E-state index in [0.717, 1.165) is 18.2 Å². The maximum atomic E-state index is 4.21. The van der Waals surface area contributed by atoms with E-state index in [4.69, 9.17) is 0 Å². The molecule has 2 N–H and O–H groups in total. The number of fused-ring (bicyclic) bond motifs is 1. The van der Waals surface area contributed by atoms with E-state index < -0.39 is 0 Å². The molecule has 3 atom stereocenters. The van der Waals surface area contributed by atoms with Crippen molar-refractivity contribution in [2.45, 2.75) is 65.0 Å². The summed E-state index contributed by atoms with van der Waals surface area (Å²) in [6.07, 6.45) is 6.30. The quantitative estimate of drug-likeness (QED) is 0.828. The van der Waals surface area contributed by atoms with E-state index in [0.29, 0.717) is 12.1 Å². The van der Waals surface area contributed by atoms with E-state index in [-0.39, 0.29) is 0 Å². The molecule has 1 fully saturated rings. The molecule has 23 heavy (non-hydrogen) atoms. The summed E-state index contributed by atoms with van der Waals surface area (Å²) in [5.41, 5.74) is 5.79. The lowest BCUT2D eigenvalue weighted by Gasteiger charge is -2.30. The first-order chi connectivity index (χ1) is 11.0. The van der Waals surface area contributed by atoms with Gasteiger partial charge in [0.15, 0.2) is 0 Å². The molecule has 2 aliphatic rings. The van der Waals surface area contributed by atoms with Gasteiger partial charge in [-0.05, 0) is 61.3 Å². The van der Waals surface area contributed by atoms with Gasteiger partial charge in [0.1, 0.15) is 0 Å². The lowest BCUT2D eigenvalue weighted by Crippen LogP contribution is -2.40. The molecule has 0 heterocycles. The van der Waals surface area contributed by atoms with Crippen molar-refractivity contribution in [2.75, 3.05) is 0 Å². The zero-order valence-corrected chi connectivity index (χ0v) is 14.8. The first-order valence-corrected chi connectivity index (χ1v) is 9.04. The van der Waals surface area contributed by atoms with Gasteiger partial charge in [-0.25, -0.2) is 0 Å². The number of nitrogens with one attached hydrogen (secondary N) is 2. The summed E-state index contributed by atoms with van der Waals surface area (Å²) in [6.45, 7) is 11.1. The van der Waals surface area contributed by atoms with Gasteiger partial charge >= 0.3 is 0 Å². The normalized spacial score (nSPS) is 25.0. The molecular weight excluding hydrogens is 280 g/mol. The SMILES string of the molecule is C=C(NC1CCCC(C)C1)NC(C)C1=C(C)c2ccccc2C1. The van der Waals surface area contributed by atoms with Gasteiger partial charge in [-0.15, -0.1) is 0 Å². The highest BCUT2D eigenvalue weighted by Crippen LogP contribution is 2.34. The second kappa shape index (κ2) is 6.82. The Kier molecular flexibility index (Phi) is 4.79. The minimum atomic E-state index is 0.323. The molecule has 1 aromatic carbocycles. The van der Waals surface area contributed by atoms with Gasteiger partial charge in [-0.3, -0.25) is 0 Å². The molecule has 0 bridgehead atoms. The summed E-state index contributed by atoms with van der Waals surface area (Å²) >= 11 is 0. The van der Waals surface area contributed by atoms with E-state index >= 15 is 0 Å². The zero-order chi connectivity index (χ0) is 16.4. The maximum absolute atomic E-state index is 4.21. The Bertz CT molecular complexity index is 614. The summed E-state index contributed by atoms with van der Waals surface area (Å²) in [7, 11) is 0. The fraction of sp³-hybridized carbons (Fsp3) is 0.524. The van der Waals surface area contributed by atoms with Crippen molar-refractivity contribution >= 4 is 5.57 Å². The standard InChI is InChI=1S/C21H30N2/c1-14-8-7-10-19(12-14)23-17(4)22-16(3)21-13-18-9-5-6-11-20(18)15(21)2/h5-6,9,11,14,16,19,22-23H,4,7-8,10,12-13H2,1-3H3. The van der Waals surface area contributed by atoms with Crippen molar-refractivity contribution in [3.63, 3.8) is 0 Å². The first-order valence-electron chi connectivity index (χ1n) is 9.04. The lowest BCUT2D eigenvalue weighted by molar-refractivity contribution is 0.310. The molecule has 0 amide bonds. The Morgan fingerprint density at radius 3 is 2.78 bits per heavy atom. The van der Waals surface area contributed by atoms with E-state index in [2.05, 4.69) is 62.2 Å². The molecule has 3 rings (SSSR count). The number of allylic oxidation sites excluding steroid dienone is 1. The van der Waals surface area contributed by atoms with Crippen LogP contribution >= 0.6 is 0 Å². The van der Waals surface area contributed by atoms with Crippen LogP contribution in [0.25, 0.3) is 5.57 Å². The van der Waals surface area contributed by atoms with Crippen molar-refractivity contribution in [1.82, 2.24) is 10.6 Å². The highest BCUT2D eigenvalue weighted by atomic mass is 15.1. The average Bonchev–Trinajstić information content (AvgIpc) is 2.85. The molecule has 0 saturated heterocycles. The molecule has 1 saturated carbocycles. The van der Waals surface area contributed by atoms with Crippen LogP contribution in [0.4, 0.5) is 0 Å². The van der Waals surface area contributed by atoms with E-state index in [1.165, 1.54) is 48.0 Å². The van der Waals surface area contributed by atoms with Gasteiger partial charge in [0, 0.05) is 12.1 Å². The summed E-state index contributed by atoms with van der Waals surface area (Å²) in [4.78, 5) is 0. The molecule has 2 aliphatic carbocycles. The molecule has 0 aromatic heterocycles. The van der Waals surface area contributed by atoms with Crippen LogP contribution in [0.3, 0.4) is 0 Å². The third-order valence-corrected chi connectivity index (χ3v) is 5.51. The van der Waals surface area contributed by atoms with E-state index in [1.807, 2.05) is 0 Å². The smallest absolute Gasteiger partial charge is 0.0919 e. The van der Waals surface area contributed by atoms with Gasteiger partial charge in [0.05, 0.1) is 5.82 Å². The van der Waals surface area contributed by atoms with Crippen LogP contribution in [0.5, 0.6) is 0 Å². The minimum absolute atomic E-state index is 0.323. The van der Waals surface area contributed by atoms with Crippen molar-refractivity contribution in [3.8, 4) is 0 Å². The minimum Gasteiger partial charge on any atom is -0.370 e. The van der Waals surface area contributed by atoms with Gasteiger partial charge in [-0.2, -0.15) is 0 Å². The van der Waals surface area contributed by atoms with Gasteiger partial charge in [0.2, 0.25) is 0 Å². The Morgan fingerprint density at radius 1 is 1.26 bits per heavy atom. The molecule has 3 unspecified atom stereocenters. The number of benzene rings is 1. The van der Waals surface area contributed by atoms with Crippen molar-refractivity contribution < 1.29 is 0 Å². The van der Waals surface area contributed by atoms with Crippen LogP contribution in [0.1, 0.15) is 57.6 Å². The highest BCUT2D eigenvalue weighted by Gasteiger charge is 2.23. The average molecular weight is 310 g/mol. The van der Waals surface area contributed by atoms with Crippen LogP contribution in [-0.2, 0) is 6.42 Å². The molecular formula is C21H30N2. The van der Waals surface area contributed by atoms with Crippen LogP contribution in [0.2, 0.25) is 0 Å². The summed E-state index contributed by atoms with van der Waals surface area (Å²) in [5, 5.41) is 7.20. The van der Waals surface area contributed by atoms with E-state index in [9.17, 15) is 0 Å². The molecule has 1 aromatic rings. The molecule has 2 heteroatoms. The molecule has 0 radical (unpaired) electrons. The molecule has 124 valence electrons. The summed E-state index contributed by atoms with van der Waals surface area (Å²) in [6, 6.07) is 9.66. The summed E-state index contributed by atoms with van der Waals surface area (Å²) in [5.74, 6) is 1.81. The maximum Gasteiger partial charge on any atom is 0.0919 e. The zero-order valence-electron chi connectivity index (χ0n) is 14.8. The van der Waals surface area contributed by atoms with Crippen molar-refractivity contribution in [2.24, 2.45) is 5.92 Å². The Morgan fingerprint density at radius 2 is 2.04 bits per heavy atom. The number of hydrogen-bond donors (Lipinski definition) is 2. The topological polar surface area (TPSA) is 24.1 Å². The molecule has 0 aliphatic heterocycles. The molecule has 0 spiro atoms. The van der Waals surface area contributed by atoms with Crippen LogP contribution < -0.4 is 10.6 Å². The van der Waals surface area contributed by atoms with Crippen LogP contribution in [-0.4, -0.2) is 12.1 Å². The number of hydrogen-bond acceptors (Lipinski definition) is 2. The van der Waals surface area contributed by atoms with Crippen molar-refractivity contribution in [3.05, 3.63) is 53.4 Å². The van der Waals surface area contributed by atoms with Crippen LogP contribution in [0.15, 0.2) is 42.2 Å². The predicted molar refractivity (Wildman–Crippen MR) is 99.0 cm³/mol. The number of rotatable bonds is 5. The second-order valence-electron chi connectivity index (χ2n) is 7.44. The lowest BCUT2D eigenvalue weighted by atomic mass is 9.87. The Labute approximate surface area is 141 Å². The predicted octanol–water partition coefficient (Wildman–Crippen LogP) is 4.63. The van der Waals surface area contributed by atoms with Gasteiger partial charge in [0.25, 0.3) is 0 Å². The van der Waals surface area contributed by atoms with Crippen LogP contribution in [0, 0.1) is 5.92 Å². The third kappa shape index (κ3) is 3.63. The Balaban J connectivity index is 1.58. The first kappa shape index (κ1) is 16.2. The second-order valence-corrected chi connectivity index (χ2v) is 7.44. The van der Waals surface area contributed by atoms with Gasteiger partial charge in [-0.1, -0.05) is 50.6 Å². The highest BCUT2D eigenvalue weighted by molar-refractivity contribution is 5.75. The third-order valence-electron chi connectivity index (χ3n) is 5.51. The fourth-order valence-electron chi connectivity index (χ4n) is 4.23. The van der Waals surface area contributed by atoms with Gasteiger partial charge < -0.3 is 10.6 Å². The molecule has 2 nitrogen and oxygen atoms in total. The van der Waals surface area contributed by atoms with Crippen molar-refractivity contribution in [1.29, 1.82) is 0 Å². The summed E-state index contributed by atoms with van der Waals surface area (Å²) < 4.78 is 0. The fourth-order valence-corrected chi connectivity index (χ4v) is 4.23. The monoisotopic (exact) mass is 310 g/mol. The van der Waals surface area contributed by atoms with E-state index in [1.54, 1.807) is 0 Å². The largest absolute Gasteiger partial charge is 0.370 e. The Hall–Kier alpha value is -1.70.